The lowest BCUT2D eigenvalue weighted by atomic mass is 9.94. The Hall–Kier alpha value is -3.51. The van der Waals surface area contributed by atoms with E-state index in [1.807, 2.05) is 31.1 Å². The topological polar surface area (TPSA) is 72.1 Å². The predicted molar refractivity (Wildman–Crippen MR) is 139 cm³/mol. The first-order chi connectivity index (χ1) is 17.6. The van der Waals surface area contributed by atoms with Gasteiger partial charge in [-0.05, 0) is 56.6 Å². The Morgan fingerprint density at radius 3 is 2.68 bits per heavy atom. The van der Waals surface area contributed by atoms with Gasteiger partial charge in [0.15, 0.2) is 6.10 Å². The van der Waals surface area contributed by atoms with Crippen molar-refractivity contribution in [2.45, 2.75) is 50.7 Å². The van der Waals surface area contributed by atoms with Crippen LogP contribution in [-0.2, 0) is 4.79 Å². The van der Waals surface area contributed by atoms with Crippen LogP contribution >= 0.6 is 0 Å². The molecule has 1 fully saturated rings. The van der Waals surface area contributed by atoms with Gasteiger partial charge in [0.1, 0.15) is 17.2 Å². The number of halogens is 2. The fourth-order valence-corrected chi connectivity index (χ4v) is 4.61. The van der Waals surface area contributed by atoms with Crippen molar-refractivity contribution in [3.05, 3.63) is 41.5 Å². The third kappa shape index (κ3) is 6.83. The summed E-state index contributed by atoms with van der Waals surface area (Å²) in [5, 5.41) is 6.03. The van der Waals surface area contributed by atoms with E-state index >= 15 is 0 Å². The molecule has 2 N–H and O–H groups in total. The second-order valence-electron chi connectivity index (χ2n) is 9.71. The van der Waals surface area contributed by atoms with E-state index in [2.05, 4.69) is 27.2 Å². The van der Waals surface area contributed by atoms with Gasteiger partial charge in [-0.25, -0.2) is 0 Å². The summed E-state index contributed by atoms with van der Waals surface area (Å²) in [4.78, 5) is 15.2. The Balaban J connectivity index is 1.55. The number of carbonyl (C=O) groups excluding carboxylic acids is 1. The van der Waals surface area contributed by atoms with E-state index in [1.54, 1.807) is 7.11 Å². The number of carbonyl (C=O) groups is 1. The summed E-state index contributed by atoms with van der Waals surface area (Å²) in [6, 6.07) is 8.17. The van der Waals surface area contributed by atoms with Crippen molar-refractivity contribution in [3.8, 4) is 29.1 Å². The average Bonchev–Trinajstić information content (AvgIpc) is 3.38. The third-order valence-electron chi connectivity index (χ3n) is 6.33. The van der Waals surface area contributed by atoms with Crippen LogP contribution in [0.5, 0.6) is 17.2 Å². The fraction of sp³-hybridized carbons (Fsp3) is 0.464. The van der Waals surface area contributed by atoms with E-state index in [0.717, 1.165) is 29.7 Å². The predicted octanol–water partition coefficient (Wildman–Crippen LogP) is 5.07. The summed E-state index contributed by atoms with van der Waals surface area (Å²) in [5.74, 6) is 7.54. The van der Waals surface area contributed by atoms with Crippen LogP contribution in [-0.4, -0.2) is 57.3 Å². The van der Waals surface area contributed by atoms with Crippen LogP contribution in [0.1, 0.15) is 49.7 Å². The van der Waals surface area contributed by atoms with E-state index in [9.17, 15) is 13.6 Å². The minimum atomic E-state index is -3.30. The molecule has 1 aliphatic carbocycles. The molecule has 37 heavy (non-hydrogen) atoms. The molecule has 0 bridgehead atoms. The number of alkyl halides is 2. The van der Waals surface area contributed by atoms with E-state index in [4.69, 9.17) is 9.47 Å². The Bertz CT molecular complexity index is 1190. The van der Waals surface area contributed by atoms with Crippen LogP contribution in [0.25, 0.3) is 0 Å². The van der Waals surface area contributed by atoms with E-state index in [-0.39, 0.29) is 18.2 Å². The second kappa shape index (κ2) is 11.3. The summed E-state index contributed by atoms with van der Waals surface area (Å²) in [6.45, 7) is 1.41. The minimum absolute atomic E-state index is 0.000592. The lowest BCUT2D eigenvalue weighted by molar-refractivity contribution is -0.158. The van der Waals surface area contributed by atoms with Crippen LogP contribution in [0, 0.1) is 11.8 Å². The molecule has 4 rings (SSSR count). The number of methoxy groups -OCH3 is 1. The number of hydrogen-bond donors (Lipinski definition) is 2. The summed E-state index contributed by atoms with van der Waals surface area (Å²) in [5.41, 5.74) is 2.87. The molecule has 1 unspecified atom stereocenters. The zero-order chi connectivity index (χ0) is 26.6. The van der Waals surface area contributed by atoms with E-state index < -0.39 is 12.2 Å². The van der Waals surface area contributed by atoms with E-state index in [0.29, 0.717) is 36.5 Å². The van der Waals surface area contributed by atoms with Crippen LogP contribution in [0.2, 0.25) is 0 Å². The van der Waals surface area contributed by atoms with Gasteiger partial charge < -0.3 is 24.8 Å². The molecule has 9 heteroatoms. The van der Waals surface area contributed by atoms with Crippen molar-refractivity contribution in [1.82, 2.24) is 4.90 Å². The number of nitrogens with one attached hydrogen (secondary N) is 2. The van der Waals surface area contributed by atoms with Crippen LogP contribution < -0.4 is 24.8 Å². The quantitative estimate of drug-likeness (QED) is 0.504. The van der Waals surface area contributed by atoms with Gasteiger partial charge in [0.25, 0.3) is 5.91 Å². The molecule has 2 aromatic rings. The zero-order valence-corrected chi connectivity index (χ0v) is 21.6. The van der Waals surface area contributed by atoms with Crippen molar-refractivity contribution < 1.29 is 27.8 Å². The highest BCUT2D eigenvalue weighted by Crippen LogP contribution is 2.41. The number of ether oxygens (including phenoxy) is 3. The van der Waals surface area contributed by atoms with Crippen molar-refractivity contribution in [1.29, 1.82) is 0 Å². The van der Waals surface area contributed by atoms with Crippen molar-refractivity contribution in [2.24, 2.45) is 0 Å². The molecule has 0 saturated heterocycles. The van der Waals surface area contributed by atoms with Crippen LogP contribution in [0.15, 0.2) is 30.3 Å². The first-order valence-corrected chi connectivity index (χ1v) is 12.4. The highest BCUT2D eigenvalue weighted by atomic mass is 19.3. The molecule has 0 spiro atoms. The SMILES string of the molecule is COc1cc(NC(=O)C2CNc3cc(OC(C)(F)F)ccc3O2)c(C#CCN(C)C)cc1C1CCCC1. The van der Waals surface area contributed by atoms with Gasteiger partial charge in [0.2, 0.25) is 0 Å². The van der Waals surface area contributed by atoms with Gasteiger partial charge >= 0.3 is 6.11 Å². The molecule has 1 atom stereocenters. The van der Waals surface area contributed by atoms with Gasteiger partial charge in [-0.1, -0.05) is 24.7 Å². The molecule has 1 saturated carbocycles. The van der Waals surface area contributed by atoms with Crippen molar-refractivity contribution in [3.63, 3.8) is 0 Å². The third-order valence-corrected chi connectivity index (χ3v) is 6.33. The molecule has 1 heterocycles. The number of hydrogen-bond acceptors (Lipinski definition) is 6. The van der Waals surface area contributed by atoms with Gasteiger partial charge in [-0.15, -0.1) is 0 Å². The summed E-state index contributed by atoms with van der Waals surface area (Å²) < 4.78 is 42.6. The molecule has 0 radical (unpaired) electrons. The average molecular weight is 514 g/mol. The second-order valence-corrected chi connectivity index (χ2v) is 9.71. The summed E-state index contributed by atoms with van der Waals surface area (Å²) >= 11 is 0. The summed E-state index contributed by atoms with van der Waals surface area (Å²) in [7, 11) is 5.53. The number of fused-ring (bicyclic) bond motifs is 1. The Morgan fingerprint density at radius 2 is 2.00 bits per heavy atom. The number of amides is 1. The van der Waals surface area contributed by atoms with Crippen molar-refractivity contribution in [2.75, 3.05) is 44.9 Å². The molecule has 2 aromatic carbocycles. The molecule has 1 amide bonds. The normalized spacial score (nSPS) is 17.2. The molecular weight excluding hydrogens is 480 g/mol. The first-order valence-electron chi connectivity index (χ1n) is 12.4. The highest BCUT2D eigenvalue weighted by molar-refractivity contribution is 5.97. The van der Waals surface area contributed by atoms with Gasteiger partial charge in [0, 0.05) is 24.6 Å². The first kappa shape index (κ1) is 26.6. The maximum Gasteiger partial charge on any atom is 0.394 e. The monoisotopic (exact) mass is 513 g/mol. The standard InChI is InChI=1S/C28H33F2N3O4/c1-28(29,30)37-20-11-12-24-23(15-20)31-17-26(36-24)27(34)32-22-16-25(35-4)21(18-8-5-6-9-18)14-19(22)10-7-13-33(2)3/h11-12,14-16,18,26,31H,5-6,8-9,13,17H2,1-4H3,(H,32,34). The molecule has 2 aliphatic rings. The smallest absolute Gasteiger partial charge is 0.394 e. The number of rotatable bonds is 7. The Kier molecular flexibility index (Phi) is 8.08. The molecule has 198 valence electrons. The van der Waals surface area contributed by atoms with Crippen LogP contribution in [0.3, 0.4) is 0 Å². The lowest BCUT2D eigenvalue weighted by Gasteiger charge is -2.27. The number of anilines is 2. The lowest BCUT2D eigenvalue weighted by Crippen LogP contribution is -2.41. The van der Waals surface area contributed by atoms with Crippen molar-refractivity contribution >= 4 is 17.3 Å². The van der Waals surface area contributed by atoms with Crippen LogP contribution in [0.4, 0.5) is 20.2 Å². The summed E-state index contributed by atoms with van der Waals surface area (Å²) in [6.07, 6.45) is 0.460. The zero-order valence-electron chi connectivity index (χ0n) is 21.6. The largest absolute Gasteiger partial charge is 0.496 e. The highest BCUT2D eigenvalue weighted by Gasteiger charge is 2.29. The Morgan fingerprint density at radius 1 is 1.24 bits per heavy atom. The van der Waals surface area contributed by atoms with E-state index in [1.165, 1.54) is 31.0 Å². The van der Waals surface area contributed by atoms with Gasteiger partial charge in [-0.3, -0.25) is 9.69 Å². The maximum atomic E-state index is 13.2. The maximum absolute atomic E-state index is 13.2. The fourth-order valence-electron chi connectivity index (χ4n) is 4.61. The Labute approximate surface area is 216 Å². The number of nitrogens with zero attached hydrogens (tertiary/aromatic N) is 1. The molecule has 7 nitrogen and oxygen atoms in total. The molecule has 1 aliphatic heterocycles. The number of benzene rings is 2. The van der Waals surface area contributed by atoms with Gasteiger partial charge in [-0.2, -0.15) is 8.78 Å². The molecular formula is C28H33F2N3O4. The molecule has 0 aromatic heterocycles. The minimum Gasteiger partial charge on any atom is -0.496 e. The van der Waals surface area contributed by atoms with Gasteiger partial charge in [0.05, 0.1) is 31.6 Å².